The van der Waals surface area contributed by atoms with Gasteiger partial charge in [-0.1, -0.05) is 44.9 Å². The summed E-state index contributed by atoms with van der Waals surface area (Å²) >= 11 is 0. The fourth-order valence-electron chi connectivity index (χ4n) is 4.04. The van der Waals surface area contributed by atoms with Crippen molar-refractivity contribution in [2.24, 2.45) is 16.8 Å². The maximum Gasteiger partial charge on any atom is 0.0693 e. The lowest BCUT2D eigenvalue weighted by Crippen LogP contribution is -2.09. The fraction of sp³-hybridized carbons (Fsp3) is 0.632. The van der Waals surface area contributed by atoms with E-state index >= 15 is 0 Å². The van der Waals surface area contributed by atoms with E-state index < -0.39 is 0 Å². The maximum absolute atomic E-state index is 5.19. The van der Waals surface area contributed by atoms with Crippen molar-refractivity contribution in [2.75, 3.05) is 0 Å². The topological polar surface area (TPSA) is 12.4 Å². The second-order valence-corrected chi connectivity index (χ2v) is 6.61. The van der Waals surface area contributed by atoms with Crippen molar-refractivity contribution < 1.29 is 0 Å². The minimum atomic E-state index is 0.809. The number of para-hydroxylation sites is 1. The highest BCUT2D eigenvalue weighted by Crippen LogP contribution is 2.44. The summed E-state index contributed by atoms with van der Waals surface area (Å²) in [4.78, 5) is 5.19. The summed E-state index contributed by atoms with van der Waals surface area (Å²) in [6, 6.07) is 6.80. The zero-order valence-corrected chi connectivity index (χ0v) is 13.0. The molecule has 1 heteroatoms. The van der Waals surface area contributed by atoms with E-state index in [1.165, 1.54) is 61.1 Å². The van der Waals surface area contributed by atoms with Gasteiger partial charge in [0.1, 0.15) is 0 Å². The van der Waals surface area contributed by atoms with Crippen LogP contribution in [-0.2, 0) is 12.8 Å². The number of aliphatic imine (C=N–C) groups is 1. The lowest BCUT2D eigenvalue weighted by molar-refractivity contribution is 0.592. The molecular weight excluding hydrogens is 242 g/mol. The summed E-state index contributed by atoms with van der Waals surface area (Å²) in [5.41, 5.74) is 5.78. The standard InChI is InChI=1S/C19H27N/c1-3-6-15-8-5-9-16(7-4-2)19(15)20-18-13-14-10-11-17(18)12-14/h5,8-9,14,17H,3-4,6-7,10-13H2,1-2H3. The minimum absolute atomic E-state index is 0.809. The van der Waals surface area contributed by atoms with Crippen LogP contribution in [0.1, 0.15) is 63.5 Å². The Labute approximate surface area is 123 Å². The van der Waals surface area contributed by atoms with Gasteiger partial charge in [0.25, 0.3) is 0 Å². The van der Waals surface area contributed by atoms with Crippen molar-refractivity contribution >= 4 is 11.4 Å². The van der Waals surface area contributed by atoms with Gasteiger partial charge in [0.15, 0.2) is 0 Å². The van der Waals surface area contributed by atoms with E-state index in [0.717, 1.165) is 24.7 Å². The van der Waals surface area contributed by atoms with Crippen LogP contribution in [0.4, 0.5) is 5.69 Å². The summed E-state index contributed by atoms with van der Waals surface area (Å²) in [6.07, 6.45) is 10.3. The largest absolute Gasteiger partial charge is 0.257 e. The van der Waals surface area contributed by atoms with Crippen LogP contribution < -0.4 is 0 Å². The molecule has 2 saturated carbocycles. The average Bonchev–Trinajstić information content (AvgIpc) is 3.05. The Bertz CT molecular complexity index is 476. The van der Waals surface area contributed by atoms with Gasteiger partial charge in [0.2, 0.25) is 0 Å². The lowest BCUT2D eigenvalue weighted by Gasteiger charge is -2.16. The Balaban J connectivity index is 1.95. The van der Waals surface area contributed by atoms with Gasteiger partial charge in [-0.05, 0) is 61.5 Å². The van der Waals surface area contributed by atoms with Gasteiger partial charge < -0.3 is 0 Å². The van der Waals surface area contributed by atoms with Crippen molar-refractivity contribution in [1.82, 2.24) is 0 Å². The molecule has 108 valence electrons. The van der Waals surface area contributed by atoms with Crippen LogP contribution in [0, 0.1) is 11.8 Å². The smallest absolute Gasteiger partial charge is 0.0693 e. The second-order valence-electron chi connectivity index (χ2n) is 6.61. The number of fused-ring (bicyclic) bond motifs is 2. The molecule has 0 radical (unpaired) electrons. The van der Waals surface area contributed by atoms with E-state index in [4.69, 9.17) is 4.99 Å². The van der Waals surface area contributed by atoms with Gasteiger partial charge >= 0.3 is 0 Å². The Morgan fingerprint density at radius 3 is 2.25 bits per heavy atom. The Morgan fingerprint density at radius 1 is 1.05 bits per heavy atom. The van der Waals surface area contributed by atoms with Crippen LogP contribution in [0.2, 0.25) is 0 Å². The van der Waals surface area contributed by atoms with Crippen molar-refractivity contribution in [2.45, 2.75) is 65.2 Å². The minimum Gasteiger partial charge on any atom is -0.257 e. The molecule has 0 spiro atoms. The molecule has 1 aromatic carbocycles. The van der Waals surface area contributed by atoms with Crippen LogP contribution in [0.25, 0.3) is 0 Å². The second kappa shape index (κ2) is 6.11. The predicted octanol–water partition coefficient (Wildman–Crippen LogP) is 5.48. The van der Waals surface area contributed by atoms with E-state index in [1.807, 2.05) is 0 Å². The Hall–Kier alpha value is -1.11. The quantitative estimate of drug-likeness (QED) is 0.670. The van der Waals surface area contributed by atoms with Gasteiger partial charge in [-0.15, -0.1) is 0 Å². The van der Waals surface area contributed by atoms with Crippen LogP contribution in [-0.4, -0.2) is 5.71 Å². The van der Waals surface area contributed by atoms with Crippen molar-refractivity contribution in [3.8, 4) is 0 Å². The number of aryl methyl sites for hydroxylation is 2. The SMILES string of the molecule is CCCc1cccc(CCC)c1N=C1CC2CCC1C2. The first kappa shape index (κ1) is 13.9. The van der Waals surface area contributed by atoms with E-state index in [1.54, 1.807) is 0 Å². The number of benzene rings is 1. The van der Waals surface area contributed by atoms with E-state index in [9.17, 15) is 0 Å². The Kier molecular flexibility index (Phi) is 4.24. The molecule has 2 aliphatic carbocycles. The molecule has 2 aliphatic rings. The van der Waals surface area contributed by atoms with Gasteiger partial charge in [-0.3, -0.25) is 4.99 Å². The lowest BCUT2D eigenvalue weighted by atomic mass is 9.96. The zero-order chi connectivity index (χ0) is 13.9. The molecule has 20 heavy (non-hydrogen) atoms. The first-order chi connectivity index (χ1) is 9.81. The number of rotatable bonds is 5. The van der Waals surface area contributed by atoms with Gasteiger partial charge in [0, 0.05) is 5.71 Å². The highest BCUT2D eigenvalue weighted by molar-refractivity contribution is 5.92. The molecule has 0 aromatic heterocycles. The van der Waals surface area contributed by atoms with Crippen LogP contribution in [0.3, 0.4) is 0 Å². The average molecular weight is 269 g/mol. The first-order valence-electron chi connectivity index (χ1n) is 8.50. The van der Waals surface area contributed by atoms with E-state index in [-0.39, 0.29) is 0 Å². The molecule has 0 heterocycles. The number of hydrogen-bond acceptors (Lipinski definition) is 1. The molecule has 3 rings (SSSR count). The molecule has 0 N–H and O–H groups in total. The summed E-state index contributed by atoms with van der Waals surface area (Å²) in [6.45, 7) is 4.53. The normalized spacial score (nSPS) is 26.6. The van der Waals surface area contributed by atoms with Crippen molar-refractivity contribution in [1.29, 1.82) is 0 Å². The van der Waals surface area contributed by atoms with E-state index in [0.29, 0.717) is 0 Å². The third-order valence-corrected chi connectivity index (χ3v) is 5.01. The highest BCUT2D eigenvalue weighted by atomic mass is 14.8. The van der Waals surface area contributed by atoms with E-state index in [2.05, 4.69) is 32.0 Å². The number of hydrogen-bond donors (Lipinski definition) is 0. The van der Waals surface area contributed by atoms with Crippen LogP contribution >= 0.6 is 0 Å². The molecule has 0 amide bonds. The van der Waals surface area contributed by atoms with Gasteiger partial charge in [-0.2, -0.15) is 0 Å². The molecule has 2 atom stereocenters. The maximum atomic E-state index is 5.19. The van der Waals surface area contributed by atoms with Gasteiger partial charge in [0.05, 0.1) is 5.69 Å². The molecule has 1 aromatic rings. The van der Waals surface area contributed by atoms with Gasteiger partial charge in [-0.25, -0.2) is 0 Å². The third kappa shape index (κ3) is 2.68. The third-order valence-electron chi connectivity index (χ3n) is 5.01. The zero-order valence-electron chi connectivity index (χ0n) is 13.0. The number of nitrogens with zero attached hydrogens (tertiary/aromatic N) is 1. The van der Waals surface area contributed by atoms with Crippen LogP contribution in [0.5, 0.6) is 0 Å². The van der Waals surface area contributed by atoms with Crippen molar-refractivity contribution in [3.63, 3.8) is 0 Å². The summed E-state index contributed by atoms with van der Waals surface area (Å²) < 4.78 is 0. The Morgan fingerprint density at radius 2 is 1.75 bits per heavy atom. The summed E-state index contributed by atoms with van der Waals surface area (Å²) in [7, 11) is 0. The molecule has 0 saturated heterocycles. The molecule has 2 unspecified atom stereocenters. The molecule has 1 nitrogen and oxygen atoms in total. The van der Waals surface area contributed by atoms with Crippen LogP contribution in [0.15, 0.2) is 23.2 Å². The fourth-order valence-corrected chi connectivity index (χ4v) is 4.04. The molecular formula is C19H27N. The summed E-state index contributed by atoms with van der Waals surface area (Å²) in [5, 5.41) is 0. The molecule has 2 fully saturated rings. The monoisotopic (exact) mass is 269 g/mol. The predicted molar refractivity (Wildman–Crippen MR) is 87.0 cm³/mol. The van der Waals surface area contributed by atoms with Crippen molar-refractivity contribution in [3.05, 3.63) is 29.3 Å². The highest BCUT2D eigenvalue weighted by Gasteiger charge is 2.36. The molecule has 2 bridgehead atoms. The first-order valence-corrected chi connectivity index (χ1v) is 8.50. The summed E-state index contributed by atoms with van der Waals surface area (Å²) in [5.74, 6) is 1.76. The molecule has 0 aliphatic heterocycles.